The largest absolute Gasteiger partial charge is 0.456 e. The Morgan fingerprint density at radius 1 is 0.281 bits per heavy atom. The Bertz CT molecular complexity index is 7840. The van der Waals surface area contributed by atoms with Crippen molar-refractivity contribution in [3.63, 3.8) is 0 Å². The van der Waals surface area contributed by atoms with Crippen LogP contribution in [-0.2, 0) is 26.2 Å². The van der Waals surface area contributed by atoms with Gasteiger partial charge in [0.05, 0.1) is 0 Å². The topological polar surface area (TPSA) is 43.4 Å². The molecule has 19 aromatic rings. The first kappa shape index (κ1) is 84.5. The SMILES string of the molecule is Cc1cc(C)c(B(c2ccc3oc4ccc(-c5ccc(C67CC8CC(C6)CC(c6ccc(-p9c%10ccccc%10c%10ccccc%109)cc6)(C8)C7)cc5)cc4c3c2)c2c(C)cc(C)cc2C)c(C)c1.Cc1cc(C)c(B(c2ccc3oc4ccc(-c5ccc(C67CC8CC(C6)CC(c6ccc(P9(=O)c%10ccccc%10-c%10ccccc%109)cc6)(C8)C7)cc5)cc4c3c2)c2c(C)cc(C)cc2C)c(C)c1. The number of benzene rings is 16. The molecular formula is C128H116B2O3P2. The highest BCUT2D eigenvalue weighted by atomic mass is 31.2. The van der Waals surface area contributed by atoms with Gasteiger partial charge in [-0.15, -0.1) is 0 Å². The highest BCUT2D eigenvalue weighted by molar-refractivity contribution is 7.86. The van der Waals surface area contributed by atoms with E-state index in [-0.39, 0.29) is 35.1 Å². The lowest BCUT2D eigenvalue weighted by atomic mass is 9.34. The van der Waals surface area contributed by atoms with Crippen LogP contribution >= 0.6 is 14.7 Å². The summed E-state index contributed by atoms with van der Waals surface area (Å²) in [5, 5.41) is 15.0. The van der Waals surface area contributed by atoms with Crippen LogP contribution in [0.15, 0.2) is 324 Å². The fourth-order valence-electron chi connectivity index (χ4n) is 30.3. The maximum Gasteiger partial charge on any atom is 0.242 e. The fraction of sp³-hybridized carbons (Fsp3) is 0.250. The zero-order chi connectivity index (χ0) is 91.6. The van der Waals surface area contributed by atoms with E-state index in [0.717, 1.165) is 78.4 Å². The second-order valence-electron chi connectivity index (χ2n) is 43.6. The van der Waals surface area contributed by atoms with Gasteiger partial charge in [-0.2, -0.15) is 0 Å². The summed E-state index contributed by atoms with van der Waals surface area (Å²) in [6, 6.07) is 120. The average molecular weight is 1790 g/mol. The second kappa shape index (κ2) is 31.7. The molecule has 0 N–H and O–H groups in total. The van der Waals surface area contributed by atoms with E-state index in [4.69, 9.17) is 8.83 Å². The molecule has 4 heterocycles. The molecule has 3 nitrogen and oxygen atoms in total. The Kier molecular flexibility index (Phi) is 19.8. The van der Waals surface area contributed by atoms with E-state index in [0.29, 0.717) is 0 Å². The molecule has 662 valence electrons. The average Bonchev–Trinajstić information content (AvgIpc) is 0.870. The molecule has 135 heavy (non-hydrogen) atoms. The summed E-state index contributed by atoms with van der Waals surface area (Å²) < 4.78 is 28.4. The van der Waals surface area contributed by atoms with Crippen LogP contribution in [0.1, 0.15) is 166 Å². The summed E-state index contributed by atoms with van der Waals surface area (Å²) in [6.07, 6.45) is 15.7. The van der Waals surface area contributed by atoms with Crippen LogP contribution in [-0.4, -0.2) is 13.4 Å². The maximum atomic E-state index is 15.3. The number of rotatable bonds is 14. The summed E-state index contributed by atoms with van der Waals surface area (Å²) in [5.41, 5.74) is 42.1. The Morgan fingerprint density at radius 2 is 0.563 bits per heavy atom. The molecule has 3 aromatic heterocycles. The third-order valence-corrected chi connectivity index (χ3v) is 40.2. The molecule has 8 aliphatic carbocycles. The molecule has 0 radical (unpaired) electrons. The van der Waals surface area contributed by atoms with Crippen molar-refractivity contribution in [1.29, 1.82) is 0 Å². The molecule has 8 bridgehead atoms. The van der Waals surface area contributed by atoms with Gasteiger partial charge in [0.25, 0.3) is 0 Å². The van der Waals surface area contributed by atoms with Gasteiger partial charge in [0.1, 0.15) is 22.3 Å². The Hall–Kier alpha value is -12.2. The molecule has 28 rings (SSSR count). The molecule has 4 atom stereocenters. The first-order valence-electron chi connectivity index (χ1n) is 49.9. The van der Waals surface area contributed by atoms with E-state index >= 15 is 4.57 Å². The molecular weight excluding hydrogens is 1670 g/mol. The predicted octanol–water partition coefficient (Wildman–Crippen LogP) is 28.7. The molecule has 8 saturated carbocycles. The summed E-state index contributed by atoms with van der Waals surface area (Å²) in [7, 11) is -3.49. The summed E-state index contributed by atoms with van der Waals surface area (Å²) in [6.45, 7) is 27.4. The highest BCUT2D eigenvalue weighted by Gasteiger charge is 2.61. The minimum atomic E-state index is -2.95. The van der Waals surface area contributed by atoms with Crippen LogP contribution in [0.25, 0.3) is 104 Å². The van der Waals surface area contributed by atoms with E-state index < -0.39 is 14.7 Å². The molecule has 1 aliphatic heterocycles. The Labute approximate surface area is 797 Å². The normalized spacial score (nSPS) is 21.5. The van der Waals surface area contributed by atoms with Gasteiger partial charge in [-0.1, -0.05) is 386 Å². The van der Waals surface area contributed by atoms with E-state index in [9.17, 15) is 0 Å². The molecule has 0 spiro atoms. The lowest BCUT2D eigenvalue weighted by molar-refractivity contribution is -0.0282. The molecule has 7 heteroatoms. The van der Waals surface area contributed by atoms with Gasteiger partial charge < -0.3 is 13.4 Å². The zero-order valence-electron chi connectivity index (χ0n) is 80.1. The summed E-state index contributed by atoms with van der Waals surface area (Å²) in [5.74, 6) is 3.08. The third-order valence-electron chi connectivity index (χ3n) is 34.5. The second-order valence-corrected chi connectivity index (χ2v) is 48.4. The third kappa shape index (κ3) is 13.6. The van der Waals surface area contributed by atoms with Gasteiger partial charge in [-0.05, 0) is 314 Å². The van der Waals surface area contributed by atoms with Crippen LogP contribution in [0.3, 0.4) is 0 Å². The minimum absolute atomic E-state index is 0.101. The van der Waals surface area contributed by atoms with E-state index in [1.54, 1.807) is 11.1 Å². The standard InChI is InChI=1S/C64H58BO2P.C64H58BOP/c1-39-27-41(3)61(42(4)28-39)65(62-43(5)29-40(2)30-44(62)6)51-22-26-58-56(33-51)55-32-48(17-25-57(55)67-58)47-15-18-49(19-16-47)63-34-45-31-46(35-63)37-64(36-45,38-63)50-20-23-52(24-21-50)68(66)59-13-9-7-11-53(59)54-12-8-10-14-60(54)68;1-39-27-41(3)61(42(4)28-39)65(62-43(5)29-40(2)30-44(62)6)51-22-26-58-56(33-51)55-32-48(17-25-57(55)66-58)47-15-18-49(19-16-47)63-34-45-31-46(35-63)37-64(36-45,38-63)50-20-23-52(24-21-50)67-59-13-9-7-11-53(59)54-12-8-10-14-60(54)67/h7-30,32-33,45-46H,31,34-38H2,1-6H3;7-30,32-33,45-46H,31,34-38H2,1-6H3. The monoisotopic (exact) mass is 1780 g/mol. The number of hydrogen-bond donors (Lipinski definition) is 0. The number of furan rings is 2. The van der Waals surface area contributed by atoms with Gasteiger partial charge in [-0.25, -0.2) is 0 Å². The van der Waals surface area contributed by atoms with Crippen molar-refractivity contribution >= 4 is 142 Å². The van der Waals surface area contributed by atoms with Crippen molar-refractivity contribution in [2.24, 2.45) is 23.7 Å². The summed E-state index contributed by atoms with van der Waals surface area (Å²) >= 11 is 0. The zero-order valence-corrected chi connectivity index (χ0v) is 81.9. The number of hydrogen-bond acceptors (Lipinski definition) is 3. The molecule has 4 unspecified atom stereocenters. The fourth-order valence-corrected chi connectivity index (χ4v) is 36.0. The van der Waals surface area contributed by atoms with Crippen molar-refractivity contribution in [3.8, 4) is 38.7 Å². The van der Waals surface area contributed by atoms with Crippen molar-refractivity contribution in [2.75, 3.05) is 0 Å². The van der Waals surface area contributed by atoms with Crippen molar-refractivity contribution < 1.29 is 13.4 Å². The first-order valence-corrected chi connectivity index (χ1v) is 52.9. The lowest BCUT2D eigenvalue weighted by Gasteiger charge is -2.63. The predicted molar refractivity (Wildman–Crippen MR) is 577 cm³/mol. The maximum absolute atomic E-state index is 15.3. The Morgan fingerprint density at radius 3 is 0.904 bits per heavy atom. The molecule has 0 amide bonds. The van der Waals surface area contributed by atoms with Gasteiger partial charge in [0, 0.05) is 47.7 Å². The van der Waals surface area contributed by atoms with Crippen molar-refractivity contribution in [2.45, 2.75) is 182 Å². The van der Waals surface area contributed by atoms with Crippen molar-refractivity contribution in [3.05, 3.63) is 404 Å². The van der Waals surface area contributed by atoms with E-state index in [1.807, 2.05) is 12.1 Å². The molecule has 8 fully saturated rings. The lowest BCUT2D eigenvalue weighted by Crippen LogP contribution is -2.55. The van der Waals surface area contributed by atoms with Crippen LogP contribution in [0.4, 0.5) is 0 Å². The quantitative estimate of drug-likeness (QED) is 0.0805. The van der Waals surface area contributed by atoms with Gasteiger partial charge in [-0.3, -0.25) is 0 Å². The Balaban J connectivity index is 0.000000144. The molecule has 0 saturated heterocycles. The highest BCUT2D eigenvalue weighted by Crippen LogP contribution is 2.69. The van der Waals surface area contributed by atoms with Gasteiger partial charge in [0.15, 0.2) is 7.14 Å². The number of fused-ring (bicyclic) bond motifs is 12. The molecule has 9 aliphatic rings. The molecule has 16 aromatic carbocycles. The number of aryl methyl sites for hydroxylation is 12. The van der Waals surface area contributed by atoms with E-state index in [2.05, 4.69) is 386 Å². The van der Waals surface area contributed by atoms with Crippen LogP contribution in [0.5, 0.6) is 0 Å². The van der Waals surface area contributed by atoms with E-state index in [1.165, 1.54) is 252 Å². The van der Waals surface area contributed by atoms with Crippen LogP contribution in [0, 0.1) is 107 Å². The van der Waals surface area contributed by atoms with Gasteiger partial charge >= 0.3 is 0 Å². The minimum Gasteiger partial charge on any atom is -0.456 e. The summed E-state index contributed by atoms with van der Waals surface area (Å²) in [4.78, 5) is 0. The van der Waals surface area contributed by atoms with Crippen LogP contribution < -0.4 is 48.7 Å². The smallest absolute Gasteiger partial charge is 0.242 e. The van der Waals surface area contributed by atoms with Crippen LogP contribution in [0.2, 0.25) is 0 Å². The van der Waals surface area contributed by atoms with Gasteiger partial charge in [0.2, 0.25) is 13.4 Å². The van der Waals surface area contributed by atoms with Crippen molar-refractivity contribution in [1.82, 2.24) is 0 Å². The first-order chi connectivity index (χ1) is 65.4.